The van der Waals surface area contributed by atoms with E-state index in [-0.39, 0.29) is 12.3 Å². The minimum atomic E-state index is -0.0813. The first-order valence-electron chi connectivity index (χ1n) is 9.81. The summed E-state index contributed by atoms with van der Waals surface area (Å²) in [5, 5.41) is 13.4. The monoisotopic (exact) mass is 394 g/mol. The van der Waals surface area contributed by atoms with Gasteiger partial charge in [-0.05, 0) is 31.0 Å². The summed E-state index contributed by atoms with van der Waals surface area (Å²) in [7, 11) is 3.58. The van der Waals surface area contributed by atoms with E-state index in [1.807, 2.05) is 49.3 Å². The topological polar surface area (TPSA) is 84.6 Å². The van der Waals surface area contributed by atoms with E-state index in [1.165, 1.54) is 5.01 Å². The molecule has 0 spiro atoms. The van der Waals surface area contributed by atoms with Crippen molar-refractivity contribution in [1.29, 1.82) is 0 Å². The molecule has 0 unspecified atom stereocenters. The van der Waals surface area contributed by atoms with Crippen LogP contribution in [0, 0.1) is 12.8 Å². The van der Waals surface area contributed by atoms with Gasteiger partial charge in [-0.3, -0.25) is 14.5 Å². The summed E-state index contributed by atoms with van der Waals surface area (Å²) in [6.45, 7) is 3.11. The molecule has 0 bridgehead atoms. The largest absolute Gasteiger partial charge is 0.476 e. The molecule has 1 fully saturated rings. The van der Waals surface area contributed by atoms with Gasteiger partial charge in [-0.2, -0.15) is 5.10 Å². The number of nitrogens with zero attached hydrogens (tertiary/aromatic N) is 5. The van der Waals surface area contributed by atoms with Crippen LogP contribution in [-0.4, -0.2) is 45.2 Å². The van der Waals surface area contributed by atoms with Gasteiger partial charge in [0.05, 0.1) is 18.7 Å². The first kappa shape index (κ1) is 19.2. The second-order valence-electron chi connectivity index (χ2n) is 7.69. The van der Waals surface area contributed by atoms with E-state index in [4.69, 9.17) is 4.74 Å². The molecule has 2 aliphatic rings. The first-order valence-corrected chi connectivity index (χ1v) is 9.81. The number of carbonyl (C=O) groups is 1. The quantitative estimate of drug-likeness (QED) is 0.811. The lowest BCUT2D eigenvalue weighted by atomic mass is 10.2. The van der Waals surface area contributed by atoms with Gasteiger partial charge >= 0.3 is 0 Å². The molecule has 0 saturated heterocycles. The van der Waals surface area contributed by atoms with Crippen molar-refractivity contribution >= 4 is 11.8 Å². The van der Waals surface area contributed by atoms with Crippen LogP contribution in [0.15, 0.2) is 47.5 Å². The standard InChI is InChI=1S/C21H26N6O2/c1-14-4-5-15(11-22-14)12-23-17-9-20(25-27(3)21(28)10-17)29-13-16-8-18(16)19-6-7-26(2)24-19/h4-7,9,11,16,18,23H,8,10,12-13H2,1-3H3/t16-,18+/m1/s1. The number of aromatic nitrogens is 3. The maximum Gasteiger partial charge on any atom is 0.248 e. The van der Waals surface area contributed by atoms with Gasteiger partial charge in [-0.25, -0.2) is 5.01 Å². The molecule has 0 aromatic carbocycles. The molecule has 29 heavy (non-hydrogen) atoms. The van der Waals surface area contributed by atoms with Crippen molar-refractivity contribution in [2.45, 2.75) is 32.2 Å². The SMILES string of the molecule is Cc1ccc(CNC2=CC(OC[C@H]3C[C@@H]3c3ccn(C)n3)=NN(C)C(=O)C2)cn1. The van der Waals surface area contributed by atoms with Crippen LogP contribution in [0.1, 0.15) is 35.7 Å². The highest BCUT2D eigenvalue weighted by Crippen LogP contribution is 2.46. The van der Waals surface area contributed by atoms with E-state index in [9.17, 15) is 4.79 Å². The van der Waals surface area contributed by atoms with Gasteiger partial charge in [0.25, 0.3) is 0 Å². The maximum absolute atomic E-state index is 12.3. The Morgan fingerprint density at radius 2 is 2.14 bits per heavy atom. The number of hydrazone groups is 1. The number of aryl methyl sites for hydroxylation is 2. The first-order chi connectivity index (χ1) is 14.0. The molecular formula is C21H26N6O2. The van der Waals surface area contributed by atoms with Crippen LogP contribution in [0.2, 0.25) is 0 Å². The Labute approximate surface area is 170 Å². The summed E-state index contributed by atoms with van der Waals surface area (Å²) in [6, 6.07) is 6.06. The summed E-state index contributed by atoms with van der Waals surface area (Å²) in [5.41, 5.74) is 3.93. The van der Waals surface area contributed by atoms with Crippen LogP contribution in [0.25, 0.3) is 0 Å². The lowest BCUT2D eigenvalue weighted by Crippen LogP contribution is -2.23. The molecule has 2 aromatic rings. The van der Waals surface area contributed by atoms with E-state index < -0.39 is 0 Å². The van der Waals surface area contributed by atoms with Gasteiger partial charge in [0, 0.05) is 62.3 Å². The number of rotatable bonds is 6. The number of hydrogen-bond acceptors (Lipinski definition) is 6. The summed E-state index contributed by atoms with van der Waals surface area (Å²) in [5.74, 6) is 1.24. The third-order valence-corrected chi connectivity index (χ3v) is 5.22. The molecule has 8 nitrogen and oxygen atoms in total. The van der Waals surface area contributed by atoms with E-state index in [1.54, 1.807) is 7.05 Å². The zero-order chi connectivity index (χ0) is 20.4. The molecule has 1 amide bonds. The van der Waals surface area contributed by atoms with Gasteiger partial charge in [0.15, 0.2) is 0 Å². The van der Waals surface area contributed by atoms with E-state index in [0.29, 0.717) is 30.9 Å². The van der Waals surface area contributed by atoms with E-state index in [2.05, 4.69) is 26.6 Å². The van der Waals surface area contributed by atoms with Gasteiger partial charge in [-0.15, -0.1) is 5.10 Å². The predicted molar refractivity (Wildman–Crippen MR) is 109 cm³/mol. The van der Waals surface area contributed by atoms with Crippen LogP contribution in [0.3, 0.4) is 0 Å². The van der Waals surface area contributed by atoms with Gasteiger partial charge in [0.2, 0.25) is 11.8 Å². The van der Waals surface area contributed by atoms with Crippen LogP contribution < -0.4 is 5.32 Å². The average molecular weight is 394 g/mol. The Hall–Kier alpha value is -3.16. The van der Waals surface area contributed by atoms with Crippen LogP contribution in [-0.2, 0) is 23.1 Å². The smallest absolute Gasteiger partial charge is 0.248 e. The Morgan fingerprint density at radius 3 is 2.86 bits per heavy atom. The van der Waals surface area contributed by atoms with E-state index >= 15 is 0 Å². The molecule has 152 valence electrons. The molecule has 1 saturated carbocycles. The summed E-state index contributed by atoms with van der Waals surface area (Å²) in [4.78, 5) is 16.6. The minimum absolute atomic E-state index is 0.0813. The lowest BCUT2D eigenvalue weighted by Gasteiger charge is -2.11. The molecular weight excluding hydrogens is 368 g/mol. The highest BCUT2D eigenvalue weighted by Gasteiger charge is 2.40. The van der Waals surface area contributed by atoms with Crippen molar-refractivity contribution in [1.82, 2.24) is 25.1 Å². The van der Waals surface area contributed by atoms with Crippen LogP contribution >= 0.6 is 0 Å². The Kier molecular flexibility index (Phi) is 5.33. The normalized spacial score (nSPS) is 21.3. The molecule has 4 rings (SSSR count). The number of carbonyl (C=O) groups excluding carboxylic acids is 1. The van der Waals surface area contributed by atoms with Crippen molar-refractivity contribution in [2.75, 3.05) is 13.7 Å². The summed E-state index contributed by atoms with van der Waals surface area (Å²) in [6.07, 6.45) is 6.94. The molecule has 2 atom stereocenters. The van der Waals surface area contributed by atoms with Crippen LogP contribution in [0.5, 0.6) is 0 Å². The second kappa shape index (κ2) is 8.06. The highest BCUT2D eigenvalue weighted by atomic mass is 16.5. The molecule has 1 aliphatic carbocycles. The molecule has 3 heterocycles. The average Bonchev–Trinajstić information content (AvgIpc) is 3.38. The van der Waals surface area contributed by atoms with Crippen molar-refractivity contribution in [3.8, 4) is 0 Å². The van der Waals surface area contributed by atoms with Crippen molar-refractivity contribution in [3.05, 3.63) is 59.3 Å². The van der Waals surface area contributed by atoms with Crippen molar-refractivity contribution in [2.24, 2.45) is 18.1 Å². The summed E-state index contributed by atoms with van der Waals surface area (Å²) >= 11 is 0. The Bertz CT molecular complexity index is 946. The fourth-order valence-electron chi connectivity index (χ4n) is 3.33. The van der Waals surface area contributed by atoms with Gasteiger partial charge in [0.1, 0.15) is 0 Å². The lowest BCUT2D eigenvalue weighted by molar-refractivity contribution is -0.129. The molecule has 8 heteroatoms. The fraction of sp³-hybridized carbons (Fsp3) is 0.429. The molecule has 1 aliphatic heterocycles. The third kappa shape index (κ3) is 4.82. The molecule has 1 N–H and O–H groups in total. The Morgan fingerprint density at radius 1 is 1.28 bits per heavy atom. The molecule has 0 radical (unpaired) electrons. The second-order valence-corrected chi connectivity index (χ2v) is 7.69. The maximum atomic E-state index is 12.3. The number of amides is 1. The predicted octanol–water partition coefficient (Wildman–Crippen LogP) is 2.09. The molecule has 2 aromatic heterocycles. The zero-order valence-electron chi connectivity index (χ0n) is 17.0. The van der Waals surface area contributed by atoms with Crippen LogP contribution in [0.4, 0.5) is 0 Å². The van der Waals surface area contributed by atoms with Crippen molar-refractivity contribution < 1.29 is 9.53 Å². The van der Waals surface area contributed by atoms with Gasteiger partial charge in [-0.1, -0.05) is 6.07 Å². The van der Waals surface area contributed by atoms with E-state index in [0.717, 1.165) is 29.1 Å². The van der Waals surface area contributed by atoms with Gasteiger partial charge < -0.3 is 10.1 Å². The number of pyridine rings is 1. The number of nitrogens with one attached hydrogen (secondary N) is 1. The summed E-state index contributed by atoms with van der Waals surface area (Å²) < 4.78 is 7.78. The minimum Gasteiger partial charge on any atom is -0.476 e. The van der Waals surface area contributed by atoms with Crippen molar-refractivity contribution in [3.63, 3.8) is 0 Å². The number of ether oxygens (including phenoxy) is 1. The highest BCUT2D eigenvalue weighted by molar-refractivity contribution is 5.92. The Balaban J connectivity index is 1.36. The fourth-order valence-corrected chi connectivity index (χ4v) is 3.33. The zero-order valence-corrected chi connectivity index (χ0v) is 17.0. The number of hydrogen-bond donors (Lipinski definition) is 1. The third-order valence-electron chi connectivity index (χ3n) is 5.22.